The number of aromatic nitrogens is 2. The topological polar surface area (TPSA) is 101 Å². The number of hydrogen-bond acceptors (Lipinski definition) is 4. The zero-order valence-corrected chi connectivity index (χ0v) is 12.6. The monoisotopic (exact) mass is 312 g/mol. The van der Waals surface area contributed by atoms with E-state index in [0.29, 0.717) is 22.9 Å². The molecule has 0 unspecified atom stereocenters. The molecule has 1 aliphatic rings. The van der Waals surface area contributed by atoms with Crippen molar-refractivity contribution in [2.75, 3.05) is 5.32 Å². The number of nitrogens with zero attached hydrogens (tertiary/aromatic N) is 2. The summed E-state index contributed by atoms with van der Waals surface area (Å²) in [6, 6.07) is 7.73. The predicted octanol–water partition coefficient (Wildman–Crippen LogP) is 3.24. The van der Waals surface area contributed by atoms with Crippen LogP contribution in [0.15, 0.2) is 36.4 Å². The van der Waals surface area contributed by atoms with Crippen molar-refractivity contribution in [3.05, 3.63) is 57.8 Å². The van der Waals surface area contributed by atoms with E-state index in [1.54, 1.807) is 25.1 Å². The fourth-order valence-corrected chi connectivity index (χ4v) is 2.38. The number of carbonyl (C=O) groups is 1. The fourth-order valence-electron chi connectivity index (χ4n) is 2.38. The molecule has 1 saturated carbocycles. The zero-order valence-electron chi connectivity index (χ0n) is 12.6. The summed E-state index contributed by atoms with van der Waals surface area (Å²) < 4.78 is 0. The van der Waals surface area contributed by atoms with E-state index in [4.69, 9.17) is 0 Å². The van der Waals surface area contributed by atoms with Gasteiger partial charge < -0.3 is 5.32 Å². The molecule has 0 radical (unpaired) electrons. The summed E-state index contributed by atoms with van der Waals surface area (Å²) >= 11 is 0. The third kappa shape index (κ3) is 3.28. The Kier molecular flexibility index (Phi) is 3.92. The summed E-state index contributed by atoms with van der Waals surface area (Å²) in [5, 5.41) is 20.5. The Hall–Kier alpha value is -2.96. The largest absolute Gasteiger partial charge is 0.305 e. The Morgan fingerprint density at radius 3 is 2.65 bits per heavy atom. The number of carbonyl (C=O) groups excluding carboxylic acids is 1. The van der Waals surface area contributed by atoms with E-state index in [0.717, 1.165) is 18.5 Å². The van der Waals surface area contributed by atoms with E-state index in [2.05, 4.69) is 15.5 Å². The van der Waals surface area contributed by atoms with Crippen molar-refractivity contribution in [3.8, 4) is 0 Å². The summed E-state index contributed by atoms with van der Waals surface area (Å²) in [4.78, 5) is 22.6. The van der Waals surface area contributed by atoms with Crippen LogP contribution in [0.25, 0.3) is 5.57 Å². The number of benzene rings is 1. The maximum atomic E-state index is 12.4. The van der Waals surface area contributed by atoms with Crippen LogP contribution in [0.2, 0.25) is 0 Å². The maximum absolute atomic E-state index is 12.4. The third-order valence-corrected chi connectivity index (χ3v) is 3.78. The Morgan fingerprint density at radius 2 is 2.09 bits per heavy atom. The lowest BCUT2D eigenvalue weighted by Gasteiger charge is -2.06. The van der Waals surface area contributed by atoms with Gasteiger partial charge in [0.2, 0.25) is 0 Å². The highest BCUT2D eigenvalue weighted by Crippen LogP contribution is 2.39. The standard InChI is InChI=1S/C16H16N4O3/c1-2-13(10-5-7-12(8-6-10)20(22)23)16(21)17-15-9-14(18-19-15)11-3-4-11/h2,5-9,11H,3-4H2,1H3,(H2,17,18,19,21)/b13-2+. The molecular weight excluding hydrogens is 296 g/mol. The minimum absolute atomic E-state index is 0.00834. The van der Waals surface area contributed by atoms with Crippen LogP contribution >= 0.6 is 0 Å². The third-order valence-electron chi connectivity index (χ3n) is 3.78. The average molecular weight is 312 g/mol. The van der Waals surface area contributed by atoms with Crippen LogP contribution in [0.4, 0.5) is 11.5 Å². The first-order valence-electron chi connectivity index (χ1n) is 7.36. The van der Waals surface area contributed by atoms with Crippen molar-refractivity contribution in [1.29, 1.82) is 0 Å². The number of hydrogen-bond donors (Lipinski definition) is 2. The first-order valence-corrected chi connectivity index (χ1v) is 7.36. The van der Waals surface area contributed by atoms with Crippen LogP contribution in [0, 0.1) is 10.1 Å². The Labute approximate surface area is 132 Å². The van der Waals surface area contributed by atoms with Crippen molar-refractivity contribution >= 4 is 23.0 Å². The van der Waals surface area contributed by atoms with Crippen LogP contribution < -0.4 is 5.32 Å². The van der Waals surface area contributed by atoms with Gasteiger partial charge in [-0.05, 0) is 37.5 Å². The number of rotatable bonds is 5. The van der Waals surface area contributed by atoms with Crippen molar-refractivity contribution < 1.29 is 9.72 Å². The molecule has 0 aliphatic heterocycles. The Bertz CT molecular complexity index is 773. The molecule has 118 valence electrons. The van der Waals surface area contributed by atoms with E-state index in [1.165, 1.54) is 12.1 Å². The molecule has 1 aromatic carbocycles. The lowest BCUT2D eigenvalue weighted by Crippen LogP contribution is -2.13. The van der Waals surface area contributed by atoms with Gasteiger partial charge in [-0.25, -0.2) is 0 Å². The van der Waals surface area contributed by atoms with Gasteiger partial charge in [0, 0.05) is 35.4 Å². The lowest BCUT2D eigenvalue weighted by molar-refractivity contribution is -0.384. The highest BCUT2D eigenvalue weighted by Gasteiger charge is 2.26. The molecule has 1 amide bonds. The van der Waals surface area contributed by atoms with E-state index < -0.39 is 4.92 Å². The van der Waals surface area contributed by atoms with Gasteiger partial charge in [0.15, 0.2) is 5.82 Å². The molecule has 3 rings (SSSR count). The molecule has 0 atom stereocenters. The second kappa shape index (κ2) is 6.04. The maximum Gasteiger partial charge on any atom is 0.269 e. The summed E-state index contributed by atoms with van der Waals surface area (Å²) in [6.45, 7) is 1.75. The molecule has 0 bridgehead atoms. The predicted molar refractivity (Wildman–Crippen MR) is 85.9 cm³/mol. The van der Waals surface area contributed by atoms with Crippen LogP contribution in [0.5, 0.6) is 0 Å². The Balaban J connectivity index is 1.73. The van der Waals surface area contributed by atoms with E-state index in [9.17, 15) is 14.9 Å². The number of allylic oxidation sites excluding steroid dienone is 1. The second-order valence-corrected chi connectivity index (χ2v) is 5.44. The molecule has 0 spiro atoms. The van der Waals surface area contributed by atoms with Crippen molar-refractivity contribution in [3.63, 3.8) is 0 Å². The minimum Gasteiger partial charge on any atom is -0.305 e. The van der Waals surface area contributed by atoms with E-state index in [1.807, 2.05) is 6.07 Å². The molecule has 1 fully saturated rings. The van der Waals surface area contributed by atoms with Gasteiger partial charge in [-0.3, -0.25) is 20.0 Å². The molecule has 2 N–H and O–H groups in total. The van der Waals surface area contributed by atoms with Crippen molar-refractivity contribution in [2.24, 2.45) is 0 Å². The highest BCUT2D eigenvalue weighted by atomic mass is 16.6. The smallest absolute Gasteiger partial charge is 0.269 e. The molecule has 7 nitrogen and oxygen atoms in total. The first kappa shape index (κ1) is 15.0. The lowest BCUT2D eigenvalue weighted by atomic mass is 10.0. The van der Waals surface area contributed by atoms with E-state index >= 15 is 0 Å². The van der Waals surface area contributed by atoms with Gasteiger partial charge in [-0.15, -0.1) is 0 Å². The highest BCUT2D eigenvalue weighted by molar-refractivity contribution is 6.25. The van der Waals surface area contributed by atoms with Gasteiger partial charge in [0.1, 0.15) is 0 Å². The first-order chi connectivity index (χ1) is 11.1. The molecule has 0 saturated heterocycles. The van der Waals surface area contributed by atoms with Crippen LogP contribution in [0.1, 0.15) is 36.9 Å². The van der Waals surface area contributed by atoms with Crippen molar-refractivity contribution in [2.45, 2.75) is 25.7 Å². The fraction of sp³-hybridized carbons (Fsp3) is 0.250. The molecule has 1 aliphatic carbocycles. The van der Waals surface area contributed by atoms with Crippen LogP contribution in [-0.2, 0) is 4.79 Å². The number of nitro groups is 1. The Morgan fingerprint density at radius 1 is 1.39 bits per heavy atom. The summed E-state index contributed by atoms with van der Waals surface area (Å²) in [7, 11) is 0. The van der Waals surface area contributed by atoms with Crippen LogP contribution in [-0.4, -0.2) is 21.0 Å². The summed E-state index contributed by atoms with van der Waals surface area (Å²) in [6.07, 6.45) is 3.97. The van der Waals surface area contributed by atoms with Gasteiger partial charge in [0.05, 0.1) is 4.92 Å². The summed E-state index contributed by atoms with van der Waals surface area (Å²) in [5.41, 5.74) is 2.09. The number of nitrogens with one attached hydrogen (secondary N) is 2. The molecule has 23 heavy (non-hydrogen) atoms. The number of amides is 1. The van der Waals surface area contributed by atoms with E-state index in [-0.39, 0.29) is 11.6 Å². The average Bonchev–Trinajstić information content (AvgIpc) is 3.29. The number of non-ortho nitro benzene ring substituents is 1. The number of nitro benzene ring substituents is 1. The zero-order chi connectivity index (χ0) is 16.4. The van der Waals surface area contributed by atoms with Gasteiger partial charge in [0.25, 0.3) is 11.6 Å². The molecule has 2 aromatic rings. The molecule has 1 heterocycles. The quantitative estimate of drug-likeness (QED) is 0.502. The SMILES string of the molecule is C/C=C(/C(=O)Nc1cc(C2CC2)[nH]n1)c1ccc([N+](=O)[O-])cc1. The van der Waals surface area contributed by atoms with Gasteiger partial charge >= 0.3 is 0 Å². The molecule has 1 aromatic heterocycles. The van der Waals surface area contributed by atoms with Gasteiger partial charge in [-0.1, -0.05) is 6.08 Å². The number of aromatic amines is 1. The molecule has 7 heteroatoms. The number of anilines is 1. The summed E-state index contributed by atoms with van der Waals surface area (Å²) in [5.74, 6) is 0.720. The van der Waals surface area contributed by atoms with Crippen LogP contribution in [0.3, 0.4) is 0 Å². The van der Waals surface area contributed by atoms with Gasteiger partial charge in [-0.2, -0.15) is 5.10 Å². The van der Waals surface area contributed by atoms with Crippen molar-refractivity contribution in [1.82, 2.24) is 10.2 Å². The molecular formula is C16H16N4O3. The normalized spacial score (nSPS) is 14.6. The minimum atomic E-state index is -0.470. The second-order valence-electron chi connectivity index (χ2n) is 5.44. The number of H-pyrrole nitrogens is 1.